The Hall–Kier alpha value is -1.79. The number of hydrogen-bond donors (Lipinski definition) is 1. The van der Waals surface area contributed by atoms with Gasteiger partial charge in [0, 0.05) is 25.4 Å². The number of nitrogens with zero attached hydrogens (tertiary/aromatic N) is 2. The van der Waals surface area contributed by atoms with Gasteiger partial charge in [-0.3, -0.25) is 0 Å². The molecule has 0 radical (unpaired) electrons. The molecule has 0 aliphatic carbocycles. The largest absolute Gasteiger partial charge is 0.481 e. The van der Waals surface area contributed by atoms with Crippen molar-refractivity contribution in [2.24, 2.45) is 5.73 Å². The number of rotatable bonds is 5. The molecule has 1 aliphatic heterocycles. The Morgan fingerprint density at radius 1 is 1.47 bits per heavy atom. The third-order valence-corrected chi connectivity index (χ3v) is 2.96. The first-order chi connectivity index (χ1) is 9.15. The van der Waals surface area contributed by atoms with E-state index in [0.717, 1.165) is 5.56 Å². The summed E-state index contributed by atoms with van der Waals surface area (Å²) in [7, 11) is 3.25. The van der Waals surface area contributed by atoms with Crippen LogP contribution in [-0.2, 0) is 9.57 Å². The molecule has 2 rings (SSSR count). The summed E-state index contributed by atoms with van der Waals surface area (Å²) >= 11 is 0. The van der Waals surface area contributed by atoms with Crippen LogP contribution in [0.1, 0.15) is 18.5 Å². The maximum absolute atomic E-state index is 5.75. The van der Waals surface area contributed by atoms with E-state index in [1.165, 1.54) is 0 Å². The molecule has 0 bridgehead atoms. The van der Waals surface area contributed by atoms with Gasteiger partial charge in [-0.25, -0.2) is 4.98 Å². The molecule has 0 saturated carbocycles. The van der Waals surface area contributed by atoms with Gasteiger partial charge in [0.05, 0.1) is 25.8 Å². The second-order valence-electron chi connectivity index (χ2n) is 4.40. The SMILES string of the molecule is COCC(C)N1OC(N)=CC1c1ccc(OC)nc1. The van der Waals surface area contributed by atoms with Crippen molar-refractivity contribution in [3.05, 3.63) is 35.9 Å². The Morgan fingerprint density at radius 3 is 2.84 bits per heavy atom. The van der Waals surface area contributed by atoms with E-state index >= 15 is 0 Å². The van der Waals surface area contributed by atoms with Gasteiger partial charge in [0.2, 0.25) is 11.8 Å². The van der Waals surface area contributed by atoms with Gasteiger partial charge in [-0.05, 0) is 12.5 Å². The fourth-order valence-corrected chi connectivity index (χ4v) is 2.05. The topological polar surface area (TPSA) is 69.8 Å². The monoisotopic (exact) mass is 265 g/mol. The maximum Gasteiger partial charge on any atom is 0.212 e. The quantitative estimate of drug-likeness (QED) is 0.863. The van der Waals surface area contributed by atoms with Gasteiger partial charge in [0.25, 0.3) is 0 Å². The van der Waals surface area contributed by atoms with Crippen LogP contribution < -0.4 is 10.5 Å². The highest BCUT2D eigenvalue weighted by molar-refractivity contribution is 5.25. The third kappa shape index (κ3) is 2.97. The molecule has 6 heteroatoms. The van der Waals surface area contributed by atoms with Crippen LogP contribution in [0.25, 0.3) is 0 Å². The molecule has 1 aromatic heterocycles. The minimum Gasteiger partial charge on any atom is -0.481 e. The Kier molecular flexibility index (Phi) is 4.24. The molecule has 104 valence electrons. The summed E-state index contributed by atoms with van der Waals surface area (Å²) in [6.07, 6.45) is 3.62. The first-order valence-corrected chi connectivity index (χ1v) is 6.08. The van der Waals surface area contributed by atoms with Crippen molar-refractivity contribution in [1.82, 2.24) is 10.0 Å². The summed E-state index contributed by atoms with van der Waals surface area (Å²) in [4.78, 5) is 9.73. The van der Waals surface area contributed by atoms with E-state index in [9.17, 15) is 0 Å². The van der Waals surface area contributed by atoms with Crippen LogP contribution in [0.4, 0.5) is 0 Å². The fraction of sp³-hybridized carbons (Fsp3) is 0.462. The molecule has 2 atom stereocenters. The molecule has 19 heavy (non-hydrogen) atoms. The molecule has 0 aromatic carbocycles. The lowest BCUT2D eigenvalue weighted by atomic mass is 10.1. The zero-order valence-electron chi connectivity index (χ0n) is 11.4. The van der Waals surface area contributed by atoms with Crippen molar-refractivity contribution in [2.45, 2.75) is 19.0 Å². The van der Waals surface area contributed by atoms with Crippen molar-refractivity contribution >= 4 is 0 Å². The molecular formula is C13H19N3O3. The number of nitrogens with two attached hydrogens (primary N) is 1. The maximum atomic E-state index is 5.75. The molecule has 0 fully saturated rings. The van der Waals surface area contributed by atoms with Crippen LogP contribution in [0.15, 0.2) is 30.3 Å². The average molecular weight is 265 g/mol. The van der Waals surface area contributed by atoms with Crippen molar-refractivity contribution in [3.8, 4) is 5.88 Å². The molecule has 2 N–H and O–H groups in total. The normalized spacial score (nSPS) is 20.8. The standard InChI is InChI=1S/C13H19N3O3/c1-9(8-17-2)16-11(6-12(14)19-16)10-4-5-13(18-3)15-7-10/h4-7,9,11H,8,14H2,1-3H3. The Bertz CT molecular complexity index is 447. The van der Waals surface area contributed by atoms with Crippen LogP contribution in [0, 0.1) is 0 Å². The molecule has 1 aromatic rings. The molecule has 1 aliphatic rings. The Morgan fingerprint density at radius 2 is 2.26 bits per heavy atom. The van der Waals surface area contributed by atoms with Gasteiger partial charge in [-0.2, -0.15) is 0 Å². The first kappa shape index (κ1) is 13.6. The second kappa shape index (κ2) is 5.90. The summed E-state index contributed by atoms with van der Waals surface area (Å²) in [5.41, 5.74) is 6.74. The Balaban J connectivity index is 2.19. The van der Waals surface area contributed by atoms with Crippen LogP contribution in [0.5, 0.6) is 5.88 Å². The number of pyridine rings is 1. The molecule has 0 spiro atoms. The zero-order chi connectivity index (χ0) is 13.8. The highest BCUT2D eigenvalue weighted by atomic mass is 16.7. The van der Waals surface area contributed by atoms with Crippen molar-refractivity contribution in [2.75, 3.05) is 20.8 Å². The lowest BCUT2D eigenvalue weighted by Gasteiger charge is -2.28. The molecule has 0 saturated heterocycles. The molecule has 0 amide bonds. The summed E-state index contributed by atoms with van der Waals surface area (Å²) in [6, 6.07) is 3.77. The summed E-state index contributed by atoms with van der Waals surface area (Å²) < 4.78 is 10.2. The molecular weight excluding hydrogens is 246 g/mol. The fourth-order valence-electron chi connectivity index (χ4n) is 2.05. The lowest BCUT2D eigenvalue weighted by Crippen LogP contribution is -2.35. The highest BCUT2D eigenvalue weighted by Gasteiger charge is 2.31. The summed E-state index contributed by atoms with van der Waals surface area (Å²) in [5, 5.41) is 1.81. The van der Waals surface area contributed by atoms with E-state index in [4.69, 9.17) is 20.0 Å². The Labute approximate surface area is 112 Å². The van der Waals surface area contributed by atoms with Crippen molar-refractivity contribution in [3.63, 3.8) is 0 Å². The number of hydrogen-bond acceptors (Lipinski definition) is 6. The second-order valence-corrected chi connectivity index (χ2v) is 4.40. The van der Waals surface area contributed by atoms with Gasteiger partial charge < -0.3 is 20.0 Å². The summed E-state index contributed by atoms with van der Waals surface area (Å²) in [6.45, 7) is 2.57. The van der Waals surface area contributed by atoms with Gasteiger partial charge in [0.15, 0.2) is 0 Å². The highest BCUT2D eigenvalue weighted by Crippen LogP contribution is 2.31. The van der Waals surface area contributed by atoms with Crippen LogP contribution >= 0.6 is 0 Å². The van der Waals surface area contributed by atoms with E-state index in [1.807, 2.05) is 30.2 Å². The van der Waals surface area contributed by atoms with Crippen LogP contribution in [-0.4, -0.2) is 36.9 Å². The number of aromatic nitrogens is 1. The number of ether oxygens (including phenoxy) is 2. The molecule has 2 heterocycles. The predicted octanol–water partition coefficient (Wildman–Crippen LogP) is 1.21. The van der Waals surface area contributed by atoms with E-state index < -0.39 is 0 Å². The van der Waals surface area contributed by atoms with Gasteiger partial charge >= 0.3 is 0 Å². The zero-order valence-corrected chi connectivity index (χ0v) is 11.4. The summed E-state index contributed by atoms with van der Waals surface area (Å²) in [5.74, 6) is 0.972. The van der Waals surface area contributed by atoms with Gasteiger partial charge in [-0.15, -0.1) is 5.06 Å². The van der Waals surface area contributed by atoms with Crippen molar-refractivity contribution in [1.29, 1.82) is 0 Å². The van der Waals surface area contributed by atoms with Gasteiger partial charge in [0.1, 0.15) is 0 Å². The van der Waals surface area contributed by atoms with Gasteiger partial charge in [-0.1, -0.05) is 6.07 Å². The lowest BCUT2D eigenvalue weighted by molar-refractivity contribution is -0.158. The predicted molar refractivity (Wildman–Crippen MR) is 70.1 cm³/mol. The van der Waals surface area contributed by atoms with Crippen LogP contribution in [0.3, 0.4) is 0 Å². The minimum absolute atomic E-state index is 0.0662. The van der Waals surface area contributed by atoms with E-state index in [-0.39, 0.29) is 12.1 Å². The third-order valence-electron chi connectivity index (χ3n) is 2.96. The van der Waals surface area contributed by atoms with Crippen molar-refractivity contribution < 1.29 is 14.3 Å². The molecule has 2 unspecified atom stereocenters. The molecule has 6 nitrogen and oxygen atoms in total. The van der Waals surface area contributed by atoms with E-state index in [0.29, 0.717) is 18.4 Å². The van der Waals surface area contributed by atoms with E-state index in [2.05, 4.69) is 4.98 Å². The first-order valence-electron chi connectivity index (χ1n) is 6.08. The number of methoxy groups -OCH3 is 2. The average Bonchev–Trinajstić information content (AvgIpc) is 2.81. The van der Waals surface area contributed by atoms with E-state index in [1.54, 1.807) is 20.4 Å². The van der Waals surface area contributed by atoms with Crippen LogP contribution in [0.2, 0.25) is 0 Å². The smallest absolute Gasteiger partial charge is 0.212 e. The number of hydroxylamine groups is 2. The minimum atomic E-state index is -0.0662.